The first-order valence-electron chi connectivity index (χ1n) is 10.5. The molecule has 0 saturated carbocycles. The number of nitrogens with one attached hydrogen (secondary N) is 1. The number of ether oxygens (including phenoxy) is 2. The third kappa shape index (κ3) is 6.96. The van der Waals surface area contributed by atoms with Gasteiger partial charge < -0.3 is 24.3 Å². The number of methoxy groups -OCH3 is 2. The lowest BCUT2D eigenvalue weighted by molar-refractivity contribution is 0.177. The first-order chi connectivity index (χ1) is 15.0. The lowest BCUT2D eigenvalue weighted by atomic mass is 10.1. The van der Waals surface area contributed by atoms with Crippen LogP contribution in [0.2, 0.25) is 0 Å². The number of urea groups is 1. The molecule has 0 radical (unpaired) electrons. The van der Waals surface area contributed by atoms with Crippen LogP contribution in [0.1, 0.15) is 39.0 Å². The maximum Gasteiger partial charge on any atom is 0.318 e. The zero-order chi connectivity index (χ0) is 23.9. The first kappa shape index (κ1) is 25.7. The molecule has 0 fully saturated rings. The van der Waals surface area contributed by atoms with Crippen molar-refractivity contribution in [3.05, 3.63) is 41.7 Å². The third-order valence-corrected chi connectivity index (χ3v) is 6.29. The van der Waals surface area contributed by atoms with Crippen molar-refractivity contribution in [3.8, 4) is 5.75 Å². The van der Waals surface area contributed by atoms with Crippen LogP contribution in [0.3, 0.4) is 0 Å². The molecule has 0 aliphatic carbocycles. The highest BCUT2D eigenvalue weighted by Gasteiger charge is 2.26. The molecule has 0 unspecified atom stereocenters. The highest BCUT2D eigenvalue weighted by atomic mass is 32.2. The van der Waals surface area contributed by atoms with Crippen molar-refractivity contribution in [3.63, 3.8) is 0 Å². The van der Waals surface area contributed by atoms with E-state index in [1.54, 1.807) is 40.8 Å². The Morgan fingerprint density at radius 2 is 1.97 bits per heavy atom. The summed E-state index contributed by atoms with van der Waals surface area (Å²) in [5.74, 6) is 0.375. The summed E-state index contributed by atoms with van der Waals surface area (Å²) in [5.41, 5.74) is 0.843. The molecule has 0 atom stereocenters. The monoisotopic (exact) mass is 466 g/mol. The van der Waals surface area contributed by atoms with E-state index in [2.05, 4.69) is 10.3 Å². The maximum absolute atomic E-state index is 13.2. The number of hydrogen-bond acceptors (Lipinski definition) is 6. The zero-order valence-electron chi connectivity index (χ0n) is 19.7. The van der Waals surface area contributed by atoms with Crippen LogP contribution in [0, 0.1) is 0 Å². The molecular formula is C22H34N4O5S. The number of nitrogens with zero attached hydrogens (tertiary/aromatic N) is 3. The predicted molar refractivity (Wildman–Crippen MR) is 122 cm³/mol. The second-order valence-electron chi connectivity index (χ2n) is 8.48. The average molecular weight is 467 g/mol. The molecule has 0 spiro atoms. The number of rotatable bonds is 10. The summed E-state index contributed by atoms with van der Waals surface area (Å²) in [6.45, 7) is 8.90. The molecule has 32 heavy (non-hydrogen) atoms. The van der Waals surface area contributed by atoms with E-state index in [0.717, 1.165) is 0 Å². The van der Waals surface area contributed by atoms with Crippen molar-refractivity contribution >= 4 is 15.9 Å². The van der Waals surface area contributed by atoms with Crippen molar-refractivity contribution in [2.45, 2.75) is 57.2 Å². The molecule has 9 nitrogen and oxygen atoms in total. The Morgan fingerprint density at radius 1 is 1.25 bits per heavy atom. The summed E-state index contributed by atoms with van der Waals surface area (Å²) in [4.78, 5) is 18.5. The molecule has 0 aliphatic rings. The fourth-order valence-electron chi connectivity index (χ4n) is 3.16. The van der Waals surface area contributed by atoms with Crippen LogP contribution in [0.25, 0.3) is 0 Å². The highest BCUT2D eigenvalue weighted by Crippen LogP contribution is 2.21. The van der Waals surface area contributed by atoms with Crippen LogP contribution in [-0.2, 0) is 33.4 Å². The summed E-state index contributed by atoms with van der Waals surface area (Å²) in [7, 11) is -0.662. The van der Waals surface area contributed by atoms with Crippen LogP contribution >= 0.6 is 0 Å². The molecular weight excluding hydrogens is 432 g/mol. The molecule has 0 saturated heterocycles. The maximum atomic E-state index is 13.2. The zero-order valence-corrected chi connectivity index (χ0v) is 20.5. The van der Waals surface area contributed by atoms with Gasteiger partial charge in [-0.1, -0.05) is 12.1 Å². The van der Waals surface area contributed by atoms with E-state index in [0.29, 0.717) is 36.7 Å². The van der Waals surface area contributed by atoms with Gasteiger partial charge in [-0.15, -0.1) is 0 Å². The van der Waals surface area contributed by atoms with E-state index in [1.165, 1.54) is 13.3 Å². The van der Waals surface area contributed by atoms with E-state index in [-0.39, 0.29) is 29.0 Å². The molecule has 2 aromatic rings. The number of imidazole rings is 1. The smallest absolute Gasteiger partial charge is 0.318 e. The molecule has 178 valence electrons. The number of hydrogen-bond donors (Lipinski definition) is 1. The second kappa shape index (κ2) is 10.8. The van der Waals surface area contributed by atoms with Gasteiger partial charge in [0.15, 0.2) is 0 Å². The van der Waals surface area contributed by atoms with Crippen molar-refractivity contribution in [1.82, 2.24) is 19.8 Å². The number of sulfone groups is 1. The van der Waals surface area contributed by atoms with Crippen molar-refractivity contribution in [1.29, 1.82) is 0 Å². The van der Waals surface area contributed by atoms with Crippen LogP contribution in [0.15, 0.2) is 35.6 Å². The van der Waals surface area contributed by atoms with E-state index in [1.807, 2.05) is 27.7 Å². The Labute approximate surface area is 190 Å². The normalized spacial score (nSPS) is 11.9. The van der Waals surface area contributed by atoms with Crippen molar-refractivity contribution in [2.75, 3.05) is 27.4 Å². The fourth-order valence-corrected chi connectivity index (χ4v) is 4.66. The fraction of sp³-hybridized carbons (Fsp3) is 0.545. The average Bonchev–Trinajstić information content (AvgIpc) is 3.12. The van der Waals surface area contributed by atoms with Gasteiger partial charge in [-0.05, 0) is 45.4 Å². The van der Waals surface area contributed by atoms with Gasteiger partial charge in [0.1, 0.15) is 5.75 Å². The van der Waals surface area contributed by atoms with E-state index in [9.17, 15) is 13.2 Å². The quantitative estimate of drug-likeness (QED) is 0.578. The summed E-state index contributed by atoms with van der Waals surface area (Å²) in [5, 5.41) is 2.89. The van der Waals surface area contributed by atoms with E-state index in [4.69, 9.17) is 9.47 Å². The third-order valence-electron chi connectivity index (χ3n) is 4.69. The van der Waals surface area contributed by atoms with Gasteiger partial charge in [-0.25, -0.2) is 18.2 Å². The van der Waals surface area contributed by atoms with Crippen molar-refractivity contribution < 1.29 is 22.7 Å². The molecule has 0 aliphatic heterocycles. The Morgan fingerprint density at radius 3 is 2.56 bits per heavy atom. The van der Waals surface area contributed by atoms with Crippen LogP contribution < -0.4 is 10.1 Å². The second-order valence-corrected chi connectivity index (χ2v) is 10.4. The standard InChI is InChI=1S/C22H34N4O5S/c1-7-25(20(27)24-22(2,3)4)15-18-14-23-21(26(18)11-12-30-5)32(28,29)16-17-9-8-10-19(13-17)31-6/h8-10,13-14H,7,11-12,15-16H2,1-6H3,(H,24,27). The summed E-state index contributed by atoms with van der Waals surface area (Å²) < 4.78 is 38.4. The molecule has 1 N–H and O–H groups in total. The molecule has 1 aromatic heterocycles. The van der Waals surface area contributed by atoms with E-state index < -0.39 is 9.84 Å². The molecule has 1 aromatic carbocycles. The number of carbonyl (C=O) groups excluding carboxylic acids is 1. The van der Waals surface area contributed by atoms with Gasteiger partial charge >= 0.3 is 6.03 Å². The van der Waals surface area contributed by atoms with Gasteiger partial charge in [0.2, 0.25) is 15.0 Å². The van der Waals surface area contributed by atoms with Crippen LogP contribution in [0.5, 0.6) is 5.75 Å². The minimum Gasteiger partial charge on any atom is -0.497 e. The van der Waals surface area contributed by atoms with Crippen LogP contribution in [-0.4, -0.2) is 61.8 Å². The van der Waals surface area contributed by atoms with Crippen molar-refractivity contribution in [2.24, 2.45) is 0 Å². The largest absolute Gasteiger partial charge is 0.497 e. The van der Waals surface area contributed by atoms with Gasteiger partial charge in [0, 0.05) is 25.7 Å². The minimum atomic E-state index is -3.75. The Bertz CT molecular complexity index is 1010. The van der Waals surface area contributed by atoms with E-state index >= 15 is 0 Å². The van der Waals surface area contributed by atoms with Gasteiger partial charge in [0.05, 0.1) is 37.9 Å². The Balaban J connectivity index is 2.34. The Hall–Kier alpha value is -2.59. The number of aromatic nitrogens is 2. The summed E-state index contributed by atoms with van der Waals surface area (Å²) >= 11 is 0. The van der Waals surface area contributed by atoms with Gasteiger partial charge in [-0.3, -0.25) is 0 Å². The SMILES string of the molecule is CCN(Cc1cnc(S(=O)(=O)Cc2cccc(OC)c2)n1CCOC)C(=O)NC(C)(C)C. The number of benzene rings is 1. The lowest BCUT2D eigenvalue weighted by Crippen LogP contribution is -2.48. The van der Waals surface area contributed by atoms with Crippen LogP contribution in [0.4, 0.5) is 4.79 Å². The molecule has 2 rings (SSSR count). The molecule has 0 bridgehead atoms. The minimum absolute atomic E-state index is 0.0420. The van der Waals surface area contributed by atoms with Gasteiger partial charge in [0.25, 0.3) is 0 Å². The number of carbonyl (C=O) groups is 1. The Kier molecular flexibility index (Phi) is 8.68. The topological polar surface area (TPSA) is 103 Å². The first-order valence-corrected chi connectivity index (χ1v) is 12.1. The van der Waals surface area contributed by atoms with Gasteiger partial charge in [-0.2, -0.15) is 0 Å². The molecule has 2 amide bonds. The number of amides is 2. The lowest BCUT2D eigenvalue weighted by Gasteiger charge is -2.28. The molecule has 1 heterocycles. The molecule has 10 heteroatoms. The highest BCUT2D eigenvalue weighted by molar-refractivity contribution is 7.90. The summed E-state index contributed by atoms with van der Waals surface area (Å²) in [6.07, 6.45) is 1.52. The predicted octanol–water partition coefficient (Wildman–Crippen LogP) is 2.84. The summed E-state index contributed by atoms with van der Waals surface area (Å²) in [6, 6.07) is 6.71.